The maximum Gasteiger partial charge on any atom is 0.264 e. The van der Waals surface area contributed by atoms with Gasteiger partial charge in [0.25, 0.3) is 10.1 Å². The van der Waals surface area contributed by atoms with Crippen molar-refractivity contribution < 1.29 is 26.5 Å². The van der Waals surface area contributed by atoms with E-state index in [1.54, 1.807) is 6.08 Å². The molecule has 1 heterocycles. The summed E-state index contributed by atoms with van der Waals surface area (Å²) in [7, 11) is -5.57. The zero-order valence-electron chi connectivity index (χ0n) is 20.3. The van der Waals surface area contributed by atoms with Crippen LogP contribution in [-0.2, 0) is 28.2 Å². The van der Waals surface area contributed by atoms with Gasteiger partial charge >= 0.3 is 0 Å². The molecular formula is C22H44O6SSi. The van der Waals surface area contributed by atoms with Crippen LogP contribution in [0.1, 0.15) is 60.3 Å². The highest BCUT2D eigenvalue weighted by Gasteiger charge is 2.42. The van der Waals surface area contributed by atoms with Gasteiger partial charge in [-0.2, -0.15) is 8.42 Å². The minimum atomic E-state index is -3.54. The van der Waals surface area contributed by atoms with E-state index in [2.05, 4.69) is 54.3 Å². The molecule has 4 atom stereocenters. The maximum absolute atomic E-state index is 11.7. The molecule has 0 saturated carbocycles. The Bertz CT molecular complexity index is 622. The van der Waals surface area contributed by atoms with E-state index in [0.717, 1.165) is 32.3 Å². The van der Waals surface area contributed by atoms with E-state index in [1.807, 2.05) is 0 Å². The SMILES string of the molecule is C=CC[C@@H](C[C@@H](C)[C@H](O[Si](C)(C)C(C)(C)C)[C@@H](C)CC1OCCCO1)OS(C)(=O)=O. The van der Waals surface area contributed by atoms with Crippen LogP contribution in [0.3, 0.4) is 0 Å². The van der Waals surface area contributed by atoms with Crippen molar-refractivity contribution >= 4 is 18.4 Å². The minimum absolute atomic E-state index is 0.0458. The van der Waals surface area contributed by atoms with E-state index in [1.165, 1.54) is 0 Å². The topological polar surface area (TPSA) is 71.1 Å². The Hall–Kier alpha value is -0.253. The third-order valence-corrected chi connectivity index (χ3v) is 11.3. The molecule has 0 unspecified atom stereocenters. The first kappa shape index (κ1) is 27.8. The van der Waals surface area contributed by atoms with Crippen molar-refractivity contribution in [1.29, 1.82) is 0 Å². The Balaban J connectivity index is 3.02. The Labute approximate surface area is 186 Å². The quantitative estimate of drug-likeness (QED) is 0.227. The molecule has 30 heavy (non-hydrogen) atoms. The van der Waals surface area contributed by atoms with E-state index >= 15 is 0 Å². The molecule has 0 bridgehead atoms. The summed E-state index contributed by atoms with van der Waals surface area (Å²) in [5.74, 6) is 0.296. The van der Waals surface area contributed by atoms with E-state index in [9.17, 15) is 8.42 Å². The van der Waals surface area contributed by atoms with Crippen molar-refractivity contribution in [2.75, 3.05) is 19.5 Å². The van der Waals surface area contributed by atoms with Gasteiger partial charge in [0, 0.05) is 6.42 Å². The monoisotopic (exact) mass is 464 g/mol. The highest BCUT2D eigenvalue weighted by atomic mass is 32.2. The van der Waals surface area contributed by atoms with Gasteiger partial charge in [-0.15, -0.1) is 6.58 Å². The van der Waals surface area contributed by atoms with Crippen molar-refractivity contribution in [2.45, 2.75) is 96.9 Å². The van der Waals surface area contributed by atoms with Gasteiger partial charge < -0.3 is 13.9 Å². The van der Waals surface area contributed by atoms with Gasteiger partial charge in [0.1, 0.15) is 0 Å². The molecule has 8 heteroatoms. The molecule has 0 radical (unpaired) electrons. The number of hydrogen-bond donors (Lipinski definition) is 0. The van der Waals surface area contributed by atoms with Crippen molar-refractivity contribution in [3.05, 3.63) is 12.7 Å². The second-order valence-electron chi connectivity index (χ2n) is 10.2. The van der Waals surface area contributed by atoms with E-state index < -0.39 is 24.5 Å². The van der Waals surface area contributed by atoms with Gasteiger partial charge in [-0.3, -0.25) is 4.18 Å². The largest absolute Gasteiger partial charge is 0.413 e. The molecule has 0 aromatic rings. The zero-order valence-corrected chi connectivity index (χ0v) is 22.1. The van der Waals surface area contributed by atoms with Crippen LogP contribution in [0.5, 0.6) is 0 Å². The first-order valence-electron chi connectivity index (χ1n) is 11.1. The Morgan fingerprint density at radius 2 is 1.73 bits per heavy atom. The fourth-order valence-corrected chi connectivity index (χ4v) is 5.73. The van der Waals surface area contributed by atoms with Gasteiger partial charge in [-0.05, 0) is 49.2 Å². The van der Waals surface area contributed by atoms with Crippen LogP contribution < -0.4 is 0 Å². The normalized spacial score (nSPS) is 21.1. The fraction of sp³-hybridized carbons (Fsp3) is 0.909. The van der Waals surface area contributed by atoms with Crippen LogP contribution >= 0.6 is 0 Å². The lowest BCUT2D eigenvalue weighted by molar-refractivity contribution is -0.190. The second-order valence-corrected chi connectivity index (χ2v) is 16.6. The summed E-state index contributed by atoms with van der Waals surface area (Å²) in [6, 6.07) is 0. The molecule has 1 aliphatic rings. The molecule has 0 aromatic carbocycles. The van der Waals surface area contributed by atoms with Crippen molar-refractivity contribution in [2.24, 2.45) is 11.8 Å². The lowest BCUT2D eigenvalue weighted by Gasteiger charge is -2.44. The zero-order chi connectivity index (χ0) is 23.2. The molecule has 1 saturated heterocycles. The van der Waals surface area contributed by atoms with Crippen LogP contribution in [0.25, 0.3) is 0 Å². The summed E-state index contributed by atoms with van der Waals surface area (Å²) in [6.45, 7) is 20.7. The number of ether oxygens (including phenoxy) is 2. The third-order valence-electron chi connectivity index (χ3n) is 6.19. The number of rotatable bonds is 12. The summed E-state index contributed by atoms with van der Waals surface area (Å²) in [4.78, 5) is 0. The highest BCUT2D eigenvalue weighted by Crippen LogP contribution is 2.40. The maximum atomic E-state index is 11.7. The predicted octanol–water partition coefficient (Wildman–Crippen LogP) is 5.11. The van der Waals surface area contributed by atoms with Crippen LogP contribution in [-0.4, -0.2) is 54.7 Å². The van der Waals surface area contributed by atoms with Crippen LogP contribution in [0.2, 0.25) is 18.1 Å². The standard InChI is InChI=1S/C22H44O6SSi/c1-10-12-19(27-29(7,23)24)15-17(2)21(28-30(8,9)22(4,5)6)18(3)16-20-25-13-11-14-26-20/h10,17-21H,1,11-16H2,2-9H3/t17-,18+,19+,21+/m1/s1. The van der Waals surface area contributed by atoms with Gasteiger partial charge in [-0.1, -0.05) is 40.7 Å². The Morgan fingerprint density at radius 1 is 1.17 bits per heavy atom. The predicted molar refractivity (Wildman–Crippen MR) is 124 cm³/mol. The van der Waals surface area contributed by atoms with Gasteiger partial charge in [0.2, 0.25) is 0 Å². The summed E-state index contributed by atoms with van der Waals surface area (Å²) < 4.78 is 47.2. The molecule has 6 nitrogen and oxygen atoms in total. The van der Waals surface area contributed by atoms with Gasteiger partial charge in [0.15, 0.2) is 14.6 Å². The molecule has 0 aromatic heterocycles. The molecule has 1 aliphatic heterocycles. The molecule has 0 N–H and O–H groups in total. The van der Waals surface area contributed by atoms with Crippen molar-refractivity contribution in [3.8, 4) is 0 Å². The molecule has 1 fully saturated rings. The smallest absolute Gasteiger partial charge is 0.264 e. The fourth-order valence-electron chi connectivity index (χ4n) is 3.58. The average Bonchev–Trinajstić information content (AvgIpc) is 2.58. The third kappa shape index (κ3) is 9.49. The highest BCUT2D eigenvalue weighted by molar-refractivity contribution is 7.86. The van der Waals surface area contributed by atoms with Gasteiger partial charge in [-0.25, -0.2) is 0 Å². The Morgan fingerprint density at radius 3 is 2.20 bits per heavy atom. The first-order valence-corrected chi connectivity index (χ1v) is 15.8. The van der Waals surface area contributed by atoms with Gasteiger partial charge in [0.05, 0.1) is 31.7 Å². The van der Waals surface area contributed by atoms with Crippen LogP contribution in [0, 0.1) is 11.8 Å². The van der Waals surface area contributed by atoms with Crippen molar-refractivity contribution in [3.63, 3.8) is 0 Å². The molecule has 0 spiro atoms. The molecular weight excluding hydrogens is 420 g/mol. The average molecular weight is 465 g/mol. The van der Waals surface area contributed by atoms with Crippen molar-refractivity contribution in [1.82, 2.24) is 0 Å². The van der Waals surface area contributed by atoms with E-state index in [0.29, 0.717) is 12.8 Å². The second kappa shape index (κ2) is 11.6. The lowest BCUT2D eigenvalue weighted by Crippen LogP contribution is -2.48. The Kier molecular flexibility index (Phi) is 10.7. The van der Waals surface area contributed by atoms with Crippen LogP contribution in [0.15, 0.2) is 12.7 Å². The molecule has 0 amide bonds. The molecule has 1 rings (SSSR count). The minimum Gasteiger partial charge on any atom is -0.413 e. The summed E-state index contributed by atoms with van der Waals surface area (Å²) in [5.41, 5.74) is 0. The summed E-state index contributed by atoms with van der Waals surface area (Å²) in [5, 5.41) is 0.0757. The lowest BCUT2D eigenvalue weighted by atomic mass is 9.87. The summed E-state index contributed by atoms with van der Waals surface area (Å²) >= 11 is 0. The summed E-state index contributed by atoms with van der Waals surface area (Å²) in [6.07, 6.45) is 4.85. The first-order chi connectivity index (χ1) is 13.7. The van der Waals surface area contributed by atoms with Crippen LogP contribution in [0.4, 0.5) is 0 Å². The van der Waals surface area contributed by atoms with E-state index in [4.69, 9.17) is 18.1 Å². The molecule has 0 aliphatic carbocycles. The number of hydrogen-bond acceptors (Lipinski definition) is 6. The van der Waals surface area contributed by atoms with E-state index in [-0.39, 0.29) is 29.3 Å². The molecule has 178 valence electrons.